The highest BCUT2D eigenvalue weighted by Crippen LogP contribution is 2.24. The van der Waals surface area contributed by atoms with E-state index in [1.807, 2.05) is 12.1 Å². The van der Waals surface area contributed by atoms with E-state index in [1.54, 1.807) is 11.9 Å². The van der Waals surface area contributed by atoms with Crippen molar-refractivity contribution in [1.29, 1.82) is 0 Å². The van der Waals surface area contributed by atoms with Crippen molar-refractivity contribution >= 4 is 11.8 Å². The van der Waals surface area contributed by atoms with Gasteiger partial charge >= 0.3 is 0 Å². The van der Waals surface area contributed by atoms with Gasteiger partial charge in [0.2, 0.25) is 11.8 Å². The number of likely N-dealkylation sites (N-methyl/N-ethyl adjacent to an activating group) is 1. The predicted molar refractivity (Wildman–Crippen MR) is 72.5 cm³/mol. The van der Waals surface area contributed by atoms with Crippen LogP contribution in [0.2, 0.25) is 0 Å². The number of carbonyl (C=O) groups is 2. The van der Waals surface area contributed by atoms with Gasteiger partial charge in [-0.15, -0.1) is 0 Å². The van der Waals surface area contributed by atoms with Crippen molar-refractivity contribution in [2.45, 2.75) is 18.9 Å². The first kappa shape index (κ1) is 13.5. The van der Waals surface area contributed by atoms with E-state index in [2.05, 4.69) is 17.4 Å². The number of carbonyl (C=O) groups excluding carboxylic acids is 2. The lowest BCUT2D eigenvalue weighted by Crippen LogP contribution is -2.44. The number of nitrogens with two attached hydrogens (primary N) is 1. The SMILES string of the molecule is CN(C(=O)CNC(=O)CN)C1Cc2ccccc2C1. The van der Waals surface area contributed by atoms with Crippen LogP contribution in [0.1, 0.15) is 11.1 Å². The molecule has 0 bridgehead atoms. The van der Waals surface area contributed by atoms with Crippen LogP contribution in [-0.2, 0) is 22.4 Å². The Kier molecular flexibility index (Phi) is 4.16. The summed E-state index contributed by atoms with van der Waals surface area (Å²) in [5.41, 5.74) is 7.78. The average Bonchev–Trinajstić information content (AvgIpc) is 2.87. The van der Waals surface area contributed by atoms with Crippen LogP contribution in [0.5, 0.6) is 0 Å². The van der Waals surface area contributed by atoms with E-state index in [0.717, 1.165) is 12.8 Å². The Morgan fingerprint density at radius 3 is 2.42 bits per heavy atom. The normalized spacial score (nSPS) is 14.0. The van der Waals surface area contributed by atoms with Crippen molar-refractivity contribution in [2.24, 2.45) is 5.73 Å². The summed E-state index contributed by atoms with van der Waals surface area (Å²) in [5.74, 6) is -0.393. The molecule has 1 aliphatic carbocycles. The Hall–Kier alpha value is -1.88. The van der Waals surface area contributed by atoms with Crippen LogP contribution >= 0.6 is 0 Å². The molecule has 0 aromatic heterocycles. The highest BCUT2D eigenvalue weighted by molar-refractivity contribution is 5.85. The van der Waals surface area contributed by atoms with Gasteiger partial charge in [0.25, 0.3) is 0 Å². The monoisotopic (exact) mass is 261 g/mol. The Morgan fingerprint density at radius 1 is 1.32 bits per heavy atom. The highest BCUT2D eigenvalue weighted by atomic mass is 16.2. The van der Waals surface area contributed by atoms with Crippen LogP contribution in [0.3, 0.4) is 0 Å². The molecule has 0 radical (unpaired) electrons. The fourth-order valence-corrected chi connectivity index (χ4v) is 2.38. The molecular formula is C14H19N3O2. The largest absolute Gasteiger partial charge is 0.346 e. The molecule has 0 saturated carbocycles. The van der Waals surface area contributed by atoms with E-state index in [1.165, 1.54) is 11.1 Å². The number of benzene rings is 1. The molecule has 0 saturated heterocycles. The van der Waals surface area contributed by atoms with E-state index in [0.29, 0.717) is 0 Å². The molecule has 0 spiro atoms. The third-order valence-electron chi connectivity index (χ3n) is 3.59. The van der Waals surface area contributed by atoms with Crippen LogP contribution in [0.4, 0.5) is 0 Å². The van der Waals surface area contributed by atoms with Crippen molar-refractivity contribution in [3.63, 3.8) is 0 Å². The molecule has 0 fully saturated rings. The summed E-state index contributed by atoms with van der Waals surface area (Å²) in [6.07, 6.45) is 1.76. The van der Waals surface area contributed by atoms with Crippen LogP contribution in [-0.4, -0.2) is 42.9 Å². The van der Waals surface area contributed by atoms with Gasteiger partial charge in [-0.1, -0.05) is 24.3 Å². The third-order valence-corrected chi connectivity index (χ3v) is 3.59. The minimum absolute atomic E-state index is 0.0133. The zero-order chi connectivity index (χ0) is 13.8. The van der Waals surface area contributed by atoms with Gasteiger partial charge < -0.3 is 16.0 Å². The zero-order valence-corrected chi connectivity index (χ0v) is 11.1. The number of hydrogen-bond acceptors (Lipinski definition) is 3. The summed E-state index contributed by atoms with van der Waals surface area (Å²) in [7, 11) is 1.79. The molecule has 5 heteroatoms. The van der Waals surface area contributed by atoms with Gasteiger partial charge in [0.05, 0.1) is 13.1 Å². The van der Waals surface area contributed by atoms with Gasteiger partial charge in [0.1, 0.15) is 0 Å². The summed E-state index contributed by atoms with van der Waals surface area (Å²) < 4.78 is 0. The van der Waals surface area contributed by atoms with Gasteiger partial charge in [-0.25, -0.2) is 0 Å². The second-order valence-electron chi connectivity index (χ2n) is 4.82. The van der Waals surface area contributed by atoms with Crippen molar-refractivity contribution in [3.8, 4) is 0 Å². The fraction of sp³-hybridized carbons (Fsp3) is 0.429. The lowest BCUT2D eigenvalue weighted by Gasteiger charge is -2.24. The summed E-state index contributed by atoms with van der Waals surface area (Å²) in [4.78, 5) is 24.7. The molecule has 1 aromatic carbocycles. The third kappa shape index (κ3) is 3.12. The smallest absolute Gasteiger partial charge is 0.241 e. The Balaban J connectivity index is 1.90. The maximum Gasteiger partial charge on any atom is 0.241 e. The van der Waals surface area contributed by atoms with Crippen LogP contribution in [0.25, 0.3) is 0 Å². The van der Waals surface area contributed by atoms with E-state index in [-0.39, 0.29) is 30.9 Å². The van der Waals surface area contributed by atoms with Crippen molar-refractivity contribution in [1.82, 2.24) is 10.2 Å². The molecule has 0 atom stereocenters. The minimum Gasteiger partial charge on any atom is -0.346 e. The number of hydrogen-bond donors (Lipinski definition) is 2. The van der Waals surface area contributed by atoms with E-state index in [4.69, 9.17) is 5.73 Å². The zero-order valence-electron chi connectivity index (χ0n) is 11.1. The summed E-state index contributed by atoms with van der Waals surface area (Å²) >= 11 is 0. The van der Waals surface area contributed by atoms with Crippen molar-refractivity contribution in [2.75, 3.05) is 20.1 Å². The van der Waals surface area contributed by atoms with Crippen molar-refractivity contribution < 1.29 is 9.59 Å². The number of amides is 2. The molecule has 0 unspecified atom stereocenters. The quantitative estimate of drug-likeness (QED) is 0.780. The van der Waals surface area contributed by atoms with Crippen LogP contribution in [0.15, 0.2) is 24.3 Å². The van der Waals surface area contributed by atoms with Gasteiger partial charge in [-0.05, 0) is 24.0 Å². The second kappa shape index (κ2) is 5.84. The average molecular weight is 261 g/mol. The number of nitrogens with one attached hydrogen (secondary N) is 1. The molecule has 3 N–H and O–H groups in total. The van der Waals surface area contributed by atoms with Crippen LogP contribution < -0.4 is 11.1 Å². The van der Waals surface area contributed by atoms with Gasteiger partial charge in [0.15, 0.2) is 0 Å². The van der Waals surface area contributed by atoms with Gasteiger partial charge in [-0.2, -0.15) is 0 Å². The molecule has 1 aromatic rings. The highest BCUT2D eigenvalue weighted by Gasteiger charge is 2.27. The molecule has 19 heavy (non-hydrogen) atoms. The Morgan fingerprint density at radius 2 is 1.89 bits per heavy atom. The van der Waals surface area contributed by atoms with Crippen molar-refractivity contribution in [3.05, 3.63) is 35.4 Å². The lowest BCUT2D eigenvalue weighted by molar-refractivity contribution is -0.133. The first-order valence-corrected chi connectivity index (χ1v) is 6.41. The molecule has 5 nitrogen and oxygen atoms in total. The summed E-state index contributed by atoms with van der Waals surface area (Å²) in [6.45, 7) is -0.0781. The molecule has 1 aliphatic rings. The maximum atomic E-state index is 12.0. The molecular weight excluding hydrogens is 242 g/mol. The number of rotatable bonds is 4. The predicted octanol–water partition coefficient (Wildman–Crippen LogP) is -0.313. The minimum atomic E-state index is -0.309. The molecule has 0 heterocycles. The first-order chi connectivity index (χ1) is 9.11. The molecule has 0 aliphatic heterocycles. The lowest BCUT2D eigenvalue weighted by atomic mass is 10.1. The number of nitrogens with zero attached hydrogens (tertiary/aromatic N) is 1. The molecule has 2 amide bonds. The maximum absolute atomic E-state index is 12.0. The summed E-state index contributed by atoms with van der Waals surface area (Å²) in [5, 5.41) is 2.50. The van der Waals surface area contributed by atoms with E-state index >= 15 is 0 Å². The number of fused-ring (bicyclic) bond motifs is 1. The Labute approximate surface area is 112 Å². The first-order valence-electron chi connectivity index (χ1n) is 6.41. The second-order valence-corrected chi connectivity index (χ2v) is 4.82. The van der Waals surface area contributed by atoms with E-state index in [9.17, 15) is 9.59 Å². The van der Waals surface area contributed by atoms with Crippen LogP contribution in [0, 0.1) is 0 Å². The fourth-order valence-electron chi connectivity index (χ4n) is 2.38. The Bertz CT molecular complexity index is 462. The summed E-state index contributed by atoms with van der Waals surface area (Å²) in [6, 6.07) is 8.42. The van der Waals surface area contributed by atoms with E-state index < -0.39 is 0 Å². The standard InChI is InChI=1S/C14H19N3O2/c1-17(14(19)9-16-13(18)8-15)12-6-10-4-2-3-5-11(10)7-12/h2-5,12H,6-9,15H2,1H3,(H,16,18). The molecule has 2 rings (SSSR count). The van der Waals surface area contributed by atoms with Gasteiger partial charge in [0, 0.05) is 13.1 Å². The van der Waals surface area contributed by atoms with Gasteiger partial charge in [-0.3, -0.25) is 9.59 Å². The molecule has 102 valence electrons. The topological polar surface area (TPSA) is 75.4 Å².